The number of hydrogen-bond acceptors (Lipinski definition) is 6. The third-order valence-corrected chi connectivity index (χ3v) is 4.53. The largest absolute Gasteiger partial charge is 0.488 e. The number of hydrogen-bond donors (Lipinski definition) is 2. The van der Waals surface area contributed by atoms with E-state index in [2.05, 4.69) is 14.4 Å². The van der Waals surface area contributed by atoms with Crippen LogP contribution in [0, 0.1) is 20.8 Å². The van der Waals surface area contributed by atoms with Crippen LogP contribution in [-0.2, 0) is 17.0 Å². The number of halogens is 1. The predicted octanol–water partition coefficient (Wildman–Crippen LogP) is 1.19. The molecular weight excluding hydrogens is 309 g/mol. The number of piperazine rings is 1. The SMILES string of the molecule is Cc1c(N)c(C)c(OS(=O)(=O)F)c(C)c1CN1CCNCC1. The minimum absolute atomic E-state index is 0.00395. The molecule has 1 aromatic rings. The van der Waals surface area contributed by atoms with E-state index in [0.29, 0.717) is 23.4 Å². The van der Waals surface area contributed by atoms with Gasteiger partial charge >= 0.3 is 10.5 Å². The van der Waals surface area contributed by atoms with Gasteiger partial charge in [0.2, 0.25) is 0 Å². The highest BCUT2D eigenvalue weighted by Gasteiger charge is 2.22. The first-order chi connectivity index (χ1) is 10.2. The molecular formula is C14H22FN3O3S. The zero-order chi connectivity index (χ0) is 16.5. The van der Waals surface area contributed by atoms with Crippen LogP contribution in [0.4, 0.5) is 9.57 Å². The van der Waals surface area contributed by atoms with Gasteiger partial charge in [0.25, 0.3) is 0 Å². The maximum absolute atomic E-state index is 12.9. The molecule has 0 bridgehead atoms. The van der Waals surface area contributed by atoms with E-state index in [1.807, 2.05) is 6.92 Å². The van der Waals surface area contributed by atoms with E-state index in [1.165, 1.54) is 0 Å². The van der Waals surface area contributed by atoms with Crippen LogP contribution in [0.15, 0.2) is 0 Å². The van der Waals surface area contributed by atoms with Crippen molar-refractivity contribution in [1.29, 1.82) is 0 Å². The molecule has 1 fully saturated rings. The summed E-state index contributed by atoms with van der Waals surface area (Å²) < 4.78 is 39.2. The molecule has 1 heterocycles. The van der Waals surface area contributed by atoms with Gasteiger partial charge in [-0.1, -0.05) is 3.89 Å². The first kappa shape index (κ1) is 17.0. The molecule has 0 amide bonds. The van der Waals surface area contributed by atoms with Crippen LogP contribution in [0.25, 0.3) is 0 Å². The number of nitrogens with two attached hydrogens (primary N) is 1. The summed E-state index contributed by atoms with van der Waals surface area (Å²) in [5.74, 6) is -0.00395. The molecule has 0 atom stereocenters. The van der Waals surface area contributed by atoms with Crippen LogP contribution in [0.1, 0.15) is 22.3 Å². The Kier molecular flexibility index (Phi) is 4.93. The van der Waals surface area contributed by atoms with E-state index < -0.39 is 10.5 Å². The average molecular weight is 331 g/mol. The summed E-state index contributed by atoms with van der Waals surface area (Å²) in [6.45, 7) is 9.48. The maximum Gasteiger partial charge on any atom is 0.488 e. The average Bonchev–Trinajstić information content (AvgIpc) is 2.46. The number of benzene rings is 1. The third kappa shape index (κ3) is 3.68. The van der Waals surface area contributed by atoms with Gasteiger partial charge in [0.05, 0.1) is 0 Å². The maximum atomic E-state index is 12.9. The van der Waals surface area contributed by atoms with Gasteiger partial charge in [0.1, 0.15) is 0 Å². The Hall–Kier alpha value is -1.38. The molecule has 1 saturated heterocycles. The Balaban J connectivity index is 2.44. The number of rotatable bonds is 4. The van der Waals surface area contributed by atoms with E-state index in [9.17, 15) is 12.3 Å². The zero-order valence-corrected chi connectivity index (χ0v) is 13.9. The highest BCUT2D eigenvalue weighted by atomic mass is 32.3. The molecule has 2 rings (SSSR count). The van der Waals surface area contributed by atoms with Gasteiger partial charge in [-0.3, -0.25) is 4.90 Å². The minimum atomic E-state index is -5.08. The van der Waals surface area contributed by atoms with Crippen LogP contribution in [0.2, 0.25) is 0 Å². The third-order valence-electron chi connectivity index (χ3n) is 4.17. The van der Waals surface area contributed by atoms with Gasteiger partial charge in [-0.2, -0.15) is 8.42 Å². The lowest BCUT2D eigenvalue weighted by Crippen LogP contribution is -2.43. The second-order valence-corrected chi connectivity index (χ2v) is 6.55. The molecule has 1 aliphatic heterocycles. The zero-order valence-electron chi connectivity index (χ0n) is 13.1. The quantitative estimate of drug-likeness (QED) is 0.637. The van der Waals surface area contributed by atoms with Crippen molar-refractivity contribution in [1.82, 2.24) is 10.2 Å². The summed E-state index contributed by atoms with van der Waals surface area (Å²) >= 11 is 0. The van der Waals surface area contributed by atoms with Crippen LogP contribution in [-0.4, -0.2) is 39.5 Å². The molecule has 0 radical (unpaired) electrons. The summed E-state index contributed by atoms with van der Waals surface area (Å²) in [4.78, 5) is 2.24. The minimum Gasteiger partial charge on any atom is -0.398 e. The molecule has 0 saturated carbocycles. The monoisotopic (exact) mass is 331 g/mol. The first-order valence-corrected chi connectivity index (χ1v) is 8.47. The lowest BCUT2D eigenvalue weighted by molar-refractivity contribution is 0.232. The summed E-state index contributed by atoms with van der Waals surface area (Å²) in [6.07, 6.45) is 0. The highest BCUT2D eigenvalue weighted by Crippen LogP contribution is 2.36. The van der Waals surface area contributed by atoms with E-state index in [4.69, 9.17) is 5.73 Å². The highest BCUT2D eigenvalue weighted by molar-refractivity contribution is 7.81. The molecule has 124 valence electrons. The smallest absolute Gasteiger partial charge is 0.398 e. The number of nitrogen functional groups attached to an aromatic ring is 1. The Bertz CT molecular complexity index is 671. The van der Waals surface area contributed by atoms with Crippen molar-refractivity contribution in [3.8, 4) is 5.75 Å². The van der Waals surface area contributed by atoms with Crippen molar-refractivity contribution in [3.05, 3.63) is 22.3 Å². The van der Waals surface area contributed by atoms with E-state index in [-0.39, 0.29) is 5.75 Å². The van der Waals surface area contributed by atoms with Crippen LogP contribution < -0.4 is 15.2 Å². The van der Waals surface area contributed by atoms with E-state index >= 15 is 0 Å². The Morgan fingerprint density at radius 3 is 2.32 bits per heavy atom. The fourth-order valence-corrected chi connectivity index (χ4v) is 3.27. The molecule has 0 unspecified atom stereocenters. The number of nitrogens with zero attached hydrogens (tertiary/aromatic N) is 1. The van der Waals surface area contributed by atoms with Crippen LogP contribution in [0.5, 0.6) is 5.75 Å². The second-order valence-electron chi connectivity index (χ2n) is 5.60. The van der Waals surface area contributed by atoms with Gasteiger partial charge in [0.15, 0.2) is 5.75 Å². The molecule has 6 nitrogen and oxygen atoms in total. The van der Waals surface area contributed by atoms with E-state index in [1.54, 1.807) is 13.8 Å². The molecule has 3 N–H and O–H groups in total. The van der Waals surface area contributed by atoms with Crippen molar-refractivity contribution in [2.45, 2.75) is 27.3 Å². The van der Waals surface area contributed by atoms with Gasteiger partial charge in [-0.05, 0) is 37.5 Å². The molecule has 0 aliphatic carbocycles. The number of nitrogens with one attached hydrogen (secondary N) is 1. The Morgan fingerprint density at radius 1 is 1.18 bits per heavy atom. The summed E-state index contributed by atoms with van der Waals surface area (Å²) in [6, 6.07) is 0. The summed E-state index contributed by atoms with van der Waals surface area (Å²) in [7, 11) is -5.08. The molecule has 0 aromatic heterocycles. The first-order valence-electron chi connectivity index (χ1n) is 7.16. The van der Waals surface area contributed by atoms with Crippen molar-refractivity contribution < 1.29 is 16.5 Å². The molecule has 1 aliphatic rings. The Morgan fingerprint density at radius 2 is 1.77 bits per heavy atom. The van der Waals surface area contributed by atoms with Gasteiger partial charge < -0.3 is 15.2 Å². The van der Waals surface area contributed by atoms with Crippen molar-refractivity contribution in [3.63, 3.8) is 0 Å². The molecule has 8 heteroatoms. The fraction of sp³-hybridized carbons (Fsp3) is 0.571. The topological polar surface area (TPSA) is 84.7 Å². The van der Waals surface area contributed by atoms with Gasteiger partial charge in [0, 0.05) is 44.0 Å². The van der Waals surface area contributed by atoms with Crippen molar-refractivity contribution in [2.24, 2.45) is 0 Å². The molecule has 22 heavy (non-hydrogen) atoms. The Labute approximate surface area is 130 Å². The lowest BCUT2D eigenvalue weighted by atomic mass is 9.95. The standard InChI is InChI=1S/C14H22FN3O3S/c1-9-12(8-18-6-4-17-5-7-18)10(2)14(11(3)13(9)16)21-22(15,19)20/h17H,4-8,16H2,1-3H3. The van der Waals surface area contributed by atoms with Crippen LogP contribution in [0.3, 0.4) is 0 Å². The van der Waals surface area contributed by atoms with Crippen molar-refractivity contribution in [2.75, 3.05) is 31.9 Å². The molecule has 1 aromatic carbocycles. The normalized spacial score (nSPS) is 16.7. The van der Waals surface area contributed by atoms with Gasteiger partial charge in [-0.15, -0.1) is 0 Å². The lowest BCUT2D eigenvalue weighted by Gasteiger charge is -2.29. The fourth-order valence-electron chi connectivity index (χ4n) is 2.82. The summed E-state index contributed by atoms with van der Waals surface area (Å²) in [5.41, 5.74) is 9.33. The molecule has 0 spiro atoms. The van der Waals surface area contributed by atoms with Crippen LogP contribution >= 0.6 is 0 Å². The predicted molar refractivity (Wildman–Crippen MR) is 83.9 cm³/mol. The number of anilines is 1. The summed E-state index contributed by atoms with van der Waals surface area (Å²) in [5, 5.41) is 3.27. The van der Waals surface area contributed by atoms with E-state index in [0.717, 1.165) is 37.3 Å². The van der Waals surface area contributed by atoms with Gasteiger partial charge in [-0.25, -0.2) is 0 Å². The second kappa shape index (κ2) is 6.39. The van der Waals surface area contributed by atoms with Crippen molar-refractivity contribution >= 4 is 16.2 Å².